The highest BCUT2D eigenvalue weighted by Crippen LogP contribution is 2.10. The van der Waals surface area contributed by atoms with Crippen LogP contribution in [-0.2, 0) is 11.2 Å². The summed E-state index contributed by atoms with van der Waals surface area (Å²) < 4.78 is 6.65. The third-order valence-corrected chi connectivity index (χ3v) is 2.43. The Morgan fingerprint density at radius 3 is 2.43 bits per heavy atom. The van der Waals surface area contributed by atoms with Crippen LogP contribution in [0.25, 0.3) is 0 Å². The van der Waals surface area contributed by atoms with E-state index >= 15 is 0 Å². The van der Waals surface area contributed by atoms with Crippen LogP contribution in [0.1, 0.15) is 19.4 Å². The molecule has 0 saturated carbocycles. The van der Waals surface area contributed by atoms with Crippen molar-refractivity contribution in [3.63, 3.8) is 0 Å². The third kappa shape index (κ3) is 4.77. The summed E-state index contributed by atoms with van der Waals surface area (Å²) >= 11 is 3.42. The Bertz CT molecular complexity index is 254. The van der Waals surface area contributed by atoms with Crippen LogP contribution in [0.5, 0.6) is 0 Å². The monoisotopic (exact) mass is 256 g/mol. The Morgan fingerprint density at radius 1 is 1.21 bits per heavy atom. The topological polar surface area (TPSA) is 9.23 Å². The third-order valence-electron chi connectivity index (χ3n) is 1.90. The second-order valence-corrected chi connectivity index (χ2v) is 4.76. The van der Waals surface area contributed by atoms with Gasteiger partial charge < -0.3 is 4.74 Å². The number of benzene rings is 1. The first kappa shape index (κ1) is 11.7. The van der Waals surface area contributed by atoms with Crippen molar-refractivity contribution >= 4 is 15.9 Å². The maximum atomic E-state index is 5.52. The summed E-state index contributed by atoms with van der Waals surface area (Å²) in [5.41, 5.74) is 1.33. The van der Waals surface area contributed by atoms with Crippen molar-refractivity contribution in [2.45, 2.75) is 20.3 Å². The van der Waals surface area contributed by atoms with Gasteiger partial charge in [-0.25, -0.2) is 0 Å². The van der Waals surface area contributed by atoms with Gasteiger partial charge in [0.2, 0.25) is 0 Å². The van der Waals surface area contributed by atoms with E-state index in [2.05, 4.69) is 54.0 Å². The smallest absolute Gasteiger partial charge is 0.0506 e. The second-order valence-electron chi connectivity index (χ2n) is 3.85. The largest absolute Gasteiger partial charge is 0.381 e. The molecule has 0 unspecified atom stereocenters. The molecule has 1 aromatic carbocycles. The molecule has 0 atom stereocenters. The molecule has 0 bridgehead atoms. The number of rotatable bonds is 5. The Labute approximate surface area is 94.6 Å². The molecule has 0 radical (unpaired) electrons. The molecule has 78 valence electrons. The lowest BCUT2D eigenvalue weighted by Crippen LogP contribution is -2.04. The highest BCUT2D eigenvalue weighted by Gasteiger charge is 1.95. The Morgan fingerprint density at radius 2 is 1.86 bits per heavy atom. The van der Waals surface area contributed by atoms with Crippen LogP contribution in [0.15, 0.2) is 28.7 Å². The minimum Gasteiger partial charge on any atom is -0.381 e. The molecular formula is C12H17BrO. The molecule has 1 aromatic rings. The van der Waals surface area contributed by atoms with Gasteiger partial charge in [0.15, 0.2) is 0 Å². The Balaban J connectivity index is 2.21. The fraction of sp³-hybridized carbons (Fsp3) is 0.500. The van der Waals surface area contributed by atoms with E-state index in [-0.39, 0.29) is 0 Å². The Kier molecular flexibility index (Phi) is 5.20. The average Bonchev–Trinajstić information content (AvgIpc) is 2.15. The minimum absolute atomic E-state index is 0.625. The maximum absolute atomic E-state index is 5.52. The predicted molar refractivity (Wildman–Crippen MR) is 63.5 cm³/mol. The molecule has 1 rings (SSSR count). The summed E-state index contributed by atoms with van der Waals surface area (Å²) in [5, 5.41) is 0. The van der Waals surface area contributed by atoms with Crippen molar-refractivity contribution in [1.82, 2.24) is 0 Å². The number of halogens is 1. The van der Waals surface area contributed by atoms with Gasteiger partial charge in [-0.2, -0.15) is 0 Å². The van der Waals surface area contributed by atoms with Crippen LogP contribution < -0.4 is 0 Å². The van der Waals surface area contributed by atoms with Crippen molar-refractivity contribution in [2.75, 3.05) is 13.2 Å². The summed E-state index contributed by atoms with van der Waals surface area (Å²) in [5.74, 6) is 0.625. The van der Waals surface area contributed by atoms with Gasteiger partial charge in [0.05, 0.1) is 6.61 Å². The zero-order valence-corrected chi connectivity index (χ0v) is 10.4. The normalized spacial score (nSPS) is 10.9. The van der Waals surface area contributed by atoms with E-state index in [4.69, 9.17) is 4.74 Å². The van der Waals surface area contributed by atoms with Gasteiger partial charge in [-0.1, -0.05) is 41.9 Å². The molecule has 0 N–H and O–H groups in total. The molecule has 1 nitrogen and oxygen atoms in total. The van der Waals surface area contributed by atoms with Crippen LogP contribution >= 0.6 is 15.9 Å². The van der Waals surface area contributed by atoms with E-state index in [1.54, 1.807) is 0 Å². The molecule has 2 heteroatoms. The lowest BCUT2D eigenvalue weighted by molar-refractivity contribution is 0.112. The number of hydrogen-bond donors (Lipinski definition) is 0. The quantitative estimate of drug-likeness (QED) is 0.731. The lowest BCUT2D eigenvalue weighted by atomic mass is 10.2. The molecule has 0 aliphatic carbocycles. The zero-order valence-electron chi connectivity index (χ0n) is 8.79. The number of hydrogen-bond acceptors (Lipinski definition) is 1. The van der Waals surface area contributed by atoms with E-state index < -0.39 is 0 Å². The van der Waals surface area contributed by atoms with Crippen LogP contribution in [0.2, 0.25) is 0 Å². The van der Waals surface area contributed by atoms with Gasteiger partial charge in [0, 0.05) is 11.1 Å². The van der Waals surface area contributed by atoms with Crippen LogP contribution in [0.3, 0.4) is 0 Å². The van der Waals surface area contributed by atoms with E-state index in [1.807, 2.05) is 0 Å². The van der Waals surface area contributed by atoms with Gasteiger partial charge in [-0.05, 0) is 30.0 Å². The maximum Gasteiger partial charge on any atom is 0.0506 e. The molecule has 0 heterocycles. The summed E-state index contributed by atoms with van der Waals surface area (Å²) in [6.07, 6.45) is 1.00. The zero-order chi connectivity index (χ0) is 10.4. The van der Waals surface area contributed by atoms with Crippen LogP contribution in [-0.4, -0.2) is 13.2 Å². The summed E-state index contributed by atoms with van der Waals surface area (Å²) in [4.78, 5) is 0. The molecule has 14 heavy (non-hydrogen) atoms. The van der Waals surface area contributed by atoms with Crippen molar-refractivity contribution in [3.8, 4) is 0 Å². The first-order valence-corrected chi connectivity index (χ1v) is 5.80. The van der Waals surface area contributed by atoms with Gasteiger partial charge in [-0.3, -0.25) is 0 Å². The van der Waals surface area contributed by atoms with Gasteiger partial charge in [-0.15, -0.1) is 0 Å². The Hall–Kier alpha value is -0.340. The fourth-order valence-corrected chi connectivity index (χ4v) is 1.42. The fourth-order valence-electron chi connectivity index (χ4n) is 1.16. The summed E-state index contributed by atoms with van der Waals surface area (Å²) in [7, 11) is 0. The molecule has 0 aliphatic heterocycles. The molecular weight excluding hydrogens is 240 g/mol. The second kappa shape index (κ2) is 6.20. The highest BCUT2D eigenvalue weighted by atomic mass is 79.9. The van der Waals surface area contributed by atoms with Crippen molar-refractivity contribution in [3.05, 3.63) is 34.3 Å². The highest BCUT2D eigenvalue weighted by molar-refractivity contribution is 9.10. The molecule has 0 saturated heterocycles. The van der Waals surface area contributed by atoms with E-state index in [1.165, 1.54) is 5.56 Å². The van der Waals surface area contributed by atoms with E-state index in [9.17, 15) is 0 Å². The predicted octanol–water partition coefficient (Wildman–Crippen LogP) is 3.66. The SMILES string of the molecule is CC(C)COCCc1ccc(Br)cc1. The summed E-state index contributed by atoms with van der Waals surface area (Å²) in [6.45, 7) is 6.01. The van der Waals surface area contributed by atoms with E-state index in [0.717, 1.165) is 24.1 Å². The first-order valence-electron chi connectivity index (χ1n) is 5.00. The van der Waals surface area contributed by atoms with Gasteiger partial charge >= 0.3 is 0 Å². The molecule has 0 spiro atoms. The van der Waals surface area contributed by atoms with Crippen molar-refractivity contribution in [1.29, 1.82) is 0 Å². The standard InChI is InChI=1S/C12H17BrO/c1-10(2)9-14-8-7-11-3-5-12(13)6-4-11/h3-6,10H,7-9H2,1-2H3. The average molecular weight is 257 g/mol. The molecule has 0 aliphatic rings. The minimum atomic E-state index is 0.625. The lowest BCUT2D eigenvalue weighted by Gasteiger charge is -2.06. The van der Waals surface area contributed by atoms with Crippen molar-refractivity contribution in [2.24, 2.45) is 5.92 Å². The molecule has 0 amide bonds. The molecule has 0 fully saturated rings. The van der Waals surface area contributed by atoms with Gasteiger partial charge in [0.1, 0.15) is 0 Å². The first-order chi connectivity index (χ1) is 6.68. The van der Waals surface area contributed by atoms with Gasteiger partial charge in [0.25, 0.3) is 0 Å². The summed E-state index contributed by atoms with van der Waals surface area (Å²) in [6, 6.07) is 8.39. The van der Waals surface area contributed by atoms with Crippen molar-refractivity contribution < 1.29 is 4.74 Å². The number of ether oxygens (including phenoxy) is 1. The van der Waals surface area contributed by atoms with Crippen LogP contribution in [0, 0.1) is 5.92 Å². The van der Waals surface area contributed by atoms with E-state index in [0.29, 0.717) is 5.92 Å². The molecule has 0 aromatic heterocycles. The van der Waals surface area contributed by atoms with Crippen LogP contribution in [0.4, 0.5) is 0 Å².